The Hall–Kier alpha value is -8.80. The molecule has 13 rings (SSSR count). The van der Waals surface area contributed by atoms with E-state index in [0.717, 1.165) is 132 Å². The SMILES string of the molecule is Cn1c2ccc3cc2c2cc(ccc21)C#Cc1ccc2[nH]c4ccc(cc4c2c1)C#Cc1ccc2[nH]c4ccc(cc4c2c1)C#Cc1ccc2[nH]c4ccc(cc4c2c1)C#C3. The van der Waals surface area contributed by atoms with Crippen LogP contribution in [0.4, 0.5) is 0 Å². The van der Waals surface area contributed by atoms with Crippen LogP contribution in [0.15, 0.2) is 146 Å². The van der Waals surface area contributed by atoms with Crippen LogP contribution in [-0.4, -0.2) is 19.5 Å². The number of fused-ring (bicyclic) bond motifs is 8. The Morgan fingerprint density at radius 3 is 0.689 bits per heavy atom. The first-order valence-electron chi connectivity index (χ1n) is 20.3. The lowest BCUT2D eigenvalue weighted by Gasteiger charge is -1.98. The Bertz CT molecular complexity index is 3940. The first-order valence-corrected chi connectivity index (χ1v) is 20.3. The van der Waals surface area contributed by atoms with Crippen molar-refractivity contribution in [1.29, 1.82) is 0 Å². The van der Waals surface area contributed by atoms with E-state index >= 15 is 0 Å². The van der Waals surface area contributed by atoms with E-state index in [4.69, 9.17) is 0 Å². The first-order chi connectivity index (χ1) is 30.0. The summed E-state index contributed by atoms with van der Waals surface area (Å²) in [5.74, 6) is 27.7. The zero-order valence-corrected chi connectivity index (χ0v) is 32.8. The standard InChI is InChI=1S/C57H30N4/c1-61-56-24-16-40-8-6-38-14-22-54-46(30-38)44-28-36(12-20-52(44)59-54)4-2-34-10-18-50-42(26-34)43-27-35(11-19-51(43)58-50)3-5-37-13-21-53-45(29-37)47-31-39(15-23-55(47)60-53)7-9-41-17-25-57(61)49(33-41)48(56)32-40/h10-33,58-60H,1H3. The van der Waals surface area contributed by atoms with Gasteiger partial charge in [-0.05, 0) is 146 Å². The smallest absolute Gasteiger partial charge is 0.0489 e. The van der Waals surface area contributed by atoms with Crippen molar-refractivity contribution >= 4 is 87.2 Å². The number of H-pyrrole nitrogens is 3. The Labute approximate surface area is 349 Å². The lowest BCUT2D eigenvalue weighted by molar-refractivity contribution is 1.01. The summed E-state index contributed by atoms with van der Waals surface area (Å²) in [5.41, 5.74) is 16.4. The molecular formula is C57H30N4. The van der Waals surface area contributed by atoms with Crippen LogP contribution in [0.2, 0.25) is 0 Å². The second-order valence-corrected chi connectivity index (χ2v) is 16.0. The summed E-state index contributed by atoms with van der Waals surface area (Å²) in [6, 6.07) is 51.2. The molecule has 0 radical (unpaired) electrons. The van der Waals surface area contributed by atoms with Crippen molar-refractivity contribution in [3.8, 4) is 47.4 Å². The largest absolute Gasteiger partial charge is 0.355 e. The average molecular weight is 771 g/mol. The van der Waals surface area contributed by atoms with Gasteiger partial charge in [0.15, 0.2) is 0 Å². The number of hydrogen-bond donors (Lipinski definition) is 3. The average Bonchev–Trinajstić information content (AvgIpc) is 4.04. The molecule has 12 aromatic rings. The van der Waals surface area contributed by atoms with Crippen LogP contribution in [0, 0.1) is 47.4 Å². The van der Waals surface area contributed by atoms with E-state index in [-0.39, 0.29) is 0 Å². The maximum Gasteiger partial charge on any atom is 0.0489 e. The van der Waals surface area contributed by atoms with Crippen molar-refractivity contribution in [2.75, 3.05) is 0 Å². The van der Waals surface area contributed by atoms with Gasteiger partial charge in [-0.1, -0.05) is 47.4 Å². The third kappa shape index (κ3) is 5.42. The predicted molar refractivity (Wildman–Crippen MR) is 252 cm³/mol. The van der Waals surface area contributed by atoms with Crippen molar-refractivity contribution in [3.05, 3.63) is 190 Å². The summed E-state index contributed by atoms with van der Waals surface area (Å²) in [4.78, 5) is 10.7. The fraction of sp³-hybridized carbons (Fsp3) is 0.0175. The van der Waals surface area contributed by atoms with Gasteiger partial charge in [0.05, 0.1) is 0 Å². The van der Waals surface area contributed by atoms with Crippen molar-refractivity contribution in [2.45, 2.75) is 0 Å². The molecule has 3 N–H and O–H groups in total. The van der Waals surface area contributed by atoms with Crippen LogP contribution in [0.5, 0.6) is 0 Å². The molecule has 0 unspecified atom stereocenters. The van der Waals surface area contributed by atoms with Gasteiger partial charge in [-0.2, -0.15) is 0 Å². The number of aromatic nitrogens is 4. The number of benzene rings is 8. The molecule has 0 saturated heterocycles. The summed E-state index contributed by atoms with van der Waals surface area (Å²) in [6.45, 7) is 0. The van der Waals surface area contributed by atoms with Gasteiger partial charge in [-0.3, -0.25) is 0 Å². The van der Waals surface area contributed by atoms with Crippen LogP contribution >= 0.6 is 0 Å². The molecule has 61 heavy (non-hydrogen) atoms. The second-order valence-electron chi connectivity index (χ2n) is 16.0. The number of rotatable bonds is 0. The fourth-order valence-electron chi connectivity index (χ4n) is 9.11. The zero-order chi connectivity index (χ0) is 40.2. The van der Waals surface area contributed by atoms with Crippen LogP contribution in [-0.2, 0) is 7.05 Å². The van der Waals surface area contributed by atoms with E-state index in [1.807, 2.05) is 0 Å². The minimum absolute atomic E-state index is 0.954. The quantitative estimate of drug-likeness (QED) is 0.129. The van der Waals surface area contributed by atoms with E-state index in [1.54, 1.807) is 0 Å². The van der Waals surface area contributed by atoms with Crippen LogP contribution < -0.4 is 0 Å². The third-order valence-corrected chi connectivity index (χ3v) is 12.2. The van der Waals surface area contributed by atoms with Gasteiger partial charge in [0.2, 0.25) is 0 Å². The molecule has 4 heterocycles. The van der Waals surface area contributed by atoms with Crippen LogP contribution in [0.25, 0.3) is 87.2 Å². The highest BCUT2D eigenvalue weighted by Crippen LogP contribution is 2.32. The van der Waals surface area contributed by atoms with Gasteiger partial charge in [0.1, 0.15) is 0 Å². The molecule has 0 saturated carbocycles. The molecule has 278 valence electrons. The molecular weight excluding hydrogens is 741 g/mol. The predicted octanol–water partition coefficient (Wildman–Crippen LogP) is 12.1. The molecule has 4 nitrogen and oxygen atoms in total. The number of nitrogens with one attached hydrogen (secondary N) is 3. The highest BCUT2D eigenvalue weighted by molar-refractivity contribution is 6.11. The molecule has 8 aromatic carbocycles. The van der Waals surface area contributed by atoms with E-state index in [2.05, 4.69) is 220 Å². The van der Waals surface area contributed by atoms with Gasteiger partial charge in [-0.25, -0.2) is 0 Å². The van der Waals surface area contributed by atoms with Gasteiger partial charge in [0.25, 0.3) is 0 Å². The van der Waals surface area contributed by atoms with Gasteiger partial charge in [-0.15, -0.1) is 0 Å². The molecule has 0 spiro atoms. The molecule has 1 aliphatic rings. The monoisotopic (exact) mass is 770 g/mol. The van der Waals surface area contributed by atoms with Crippen molar-refractivity contribution in [2.24, 2.45) is 7.05 Å². The molecule has 4 aromatic heterocycles. The summed E-state index contributed by atoms with van der Waals surface area (Å²) in [7, 11) is 2.12. The Balaban J connectivity index is 0.993. The minimum atomic E-state index is 0.954. The van der Waals surface area contributed by atoms with Crippen molar-refractivity contribution in [3.63, 3.8) is 0 Å². The Morgan fingerprint density at radius 1 is 0.262 bits per heavy atom. The molecule has 0 atom stereocenters. The van der Waals surface area contributed by atoms with Crippen LogP contribution in [0.3, 0.4) is 0 Å². The number of aromatic amines is 3. The van der Waals surface area contributed by atoms with Gasteiger partial charge in [0, 0.05) is 139 Å². The van der Waals surface area contributed by atoms with Crippen LogP contribution in [0.1, 0.15) is 44.5 Å². The maximum atomic E-state index is 3.58. The lowest BCUT2D eigenvalue weighted by Crippen LogP contribution is -1.86. The molecule has 0 amide bonds. The molecule has 4 heteroatoms. The maximum absolute atomic E-state index is 3.58. The van der Waals surface area contributed by atoms with E-state index < -0.39 is 0 Å². The highest BCUT2D eigenvalue weighted by Gasteiger charge is 2.11. The van der Waals surface area contributed by atoms with Crippen molar-refractivity contribution < 1.29 is 0 Å². The van der Waals surface area contributed by atoms with Gasteiger partial charge < -0.3 is 19.5 Å². The van der Waals surface area contributed by atoms with E-state index in [1.165, 1.54) is 0 Å². The summed E-state index contributed by atoms with van der Waals surface area (Å²) >= 11 is 0. The van der Waals surface area contributed by atoms with Gasteiger partial charge >= 0.3 is 0 Å². The summed E-state index contributed by atoms with van der Waals surface area (Å²) in [6.07, 6.45) is 0. The zero-order valence-electron chi connectivity index (χ0n) is 32.8. The number of hydrogen-bond acceptors (Lipinski definition) is 0. The Kier molecular flexibility index (Phi) is 6.86. The van der Waals surface area contributed by atoms with E-state index in [0.29, 0.717) is 0 Å². The third-order valence-electron chi connectivity index (χ3n) is 12.2. The summed E-state index contributed by atoms with van der Waals surface area (Å²) < 4.78 is 2.24. The topological polar surface area (TPSA) is 52.3 Å². The summed E-state index contributed by atoms with van der Waals surface area (Å²) in [5, 5.41) is 9.08. The normalized spacial score (nSPS) is 12.0. The molecule has 0 aliphatic heterocycles. The second kappa shape index (κ2) is 12.6. The van der Waals surface area contributed by atoms with Crippen molar-refractivity contribution in [1.82, 2.24) is 19.5 Å². The number of aryl methyl sites for hydroxylation is 1. The molecule has 0 fully saturated rings. The highest BCUT2D eigenvalue weighted by atomic mass is 14.9. The fourth-order valence-corrected chi connectivity index (χ4v) is 9.11. The number of nitrogens with zero attached hydrogens (tertiary/aromatic N) is 1. The van der Waals surface area contributed by atoms with E-state index in [9.17, 15) is 0 Å². The lowest BCUT2D eigenvalue weighted by atomic mass is 10.0. The molecule has 16 bridgehead atoms. The Morgan fingerprint density at radius 2 is 0.459 bits per heavy atom. The minimum Gasteiger partial charge on any atom is -0.355 e. The molecule has 1 aliphatic carbocycles. The first kappa shape index (κ1) is 33.2.